The molecule has 1 fully saturated rings. The predicted octanol–water partition coefficient (Wildman–Crippen LogP) is 0.725. The fourth-order valence-electron chi connectivity index (χ4n) is 2.61. The highest BCUT2D eigenvalue weighted by Gasteiger charge is 2.36. The van der Waals surface area contributed by atoms with Gasteiger partial charge in [-0.05, 0) is 35.9 Å². The Morgan fingerprint density at radius 1 is 1.11 bits per heavy atom. The summed E-state index contributed by atoms with van der Waals surface area (Å²) in [5.74, 6) is -3.07. The minimum atomic E-state index is -1.47. The zero-order chi connectivity index (χ0) is 19.6. The normalized spacial score (nSPS) is 15.7. The Morgan fingerprint density at radius 2 is 1.81 bits per heavy atom. The van der Waals surface area contributed by atoms with Crippen molar-refractivity contribution in [3.63, 3.8) is 0 Å². The fraction of sp³-hybridized carbons (Fsp3) is 0.0526. The van der Waals surface area contributed by atoms with E-state index in [1.54, 1.807) is 30.3 Å². The smallest absolute Gasteiger partial charge is 0.335 e. The summed E-state index contributed by atoms with van der Waals surface area (Å²) in [5, 5.41) is 13.3. The maximum Gasteiger partial charge on any atom is 0.335 e. The predicted molar refractivity (Wildman–Crippen MR) is 92.8 cm³/mol. The summed E-state index contributed by atoms with van der Waals surface area (Å²) in [6.07, 6.45) is 1.20. The second kappa shape index (κ2) is 7.12. The molecule has 0 radical (unpaired) electrons. The number of amides is 4. The molecular formula is C19H13N2O6-. The van der Waals surface area contributed by atoms with E-state index in [4.69, 9.17) is 4.74 Å². The van der Waals surface area contributed by atoms with Gasteiger partial charge in [0.1, 0.15) is 11.3 Å². The number of aromatic carboxylic acids is 1. The number of hydrogen-bond donors (Lipinski definition) is 1. The number of ether oxygens (including phenoxy) is 1. The second-order valence-corrected chi connectivity index (χ2v) is 5.54. The van der Waals surface area contributed by atoms with Crippen molar-refractivity contribution in [3.05, 3.63) is 65.2 Å². The molecule has 8 heteroatoms. The molecule has 8 nitrogen and oxygen atoms in total. The summed E-state index contributed by atoms with van der Waals surface area (Å²) >= 11 is 0. The maximum absolute atomic E-state index is 12.7. The van der Waals surface area contributed by atoms with E-state index in [0.717, 1.165) is 4.90 Å². The second-order valence-electron chi connectivity index (χ2n) is 5.54. The van der Waals surface area contributed by atoms with Crippen LogP contribution in [-0.2, 0) is 9.59 Å². The van der Waals surface area contributed by atoms with Gasteiger partial charge in [-0.1, -0.05) is 24.3 Å². The number of methoxy groups -OCH3 is 1. The van der Waals surface area contributed by atoms with Crippen LogP contribution in [0.25, 0.3) is 6.08 Å². The molecule has 1 aliphatic heterocycles. The number of barbiturate groups is 1. The molecular weight excluding hydrogens is 352 g/mol. The third-order valence-corrected chi connectivity index (χ3v) is 3.87. The van der Waals surface area contributed by atoms with Gasteiger partial charge in [-0.3, -0.25) is 14.9 Å². The largest absolute Gasteiger partial charge is 0.545 e. The third-order valence-electron chi connectivity index (χ3n) is 3.87. The zero-order valence-electron chi connectivity index (χ0n) is 14.1. The molecule has 1 N–H and O–H groups in total. The average Bonchev–Trinajstić information content (AvgIpc) is 2.65. The first-order valence-electron chi connectivity index (χ1n) is 7.78. The summed E-state index contributed by atoms with van der Waals surface area (Å²) in [7, 11) is 1.31. The first-order valence-corrected chi connectivity index (χ1v) is 7.78. The van der Waals surface area contributed by atoms with Crippen molar-refractivity contribution in [3.8, 4) is 5.75 Å². The Kier molecular flexibility index (Phi) is 4.71. The van der Waals surface area contributed by atoms with E-state index in [1.165, 1.54) is 31.4 Å². The molecule has 0 saturated carbocycles. The van der Waals surface area contributed by atoms with E-state index in [1.807, 2.05) is 0 Å². The molecule has 1 aliphatic rings. The highest BCUT2D eigenvalue weighted by atomic mass is 16.5. The number of carboxylic acids is 1. The summed E-state index contributed by atoms with van der Waals surface area (Å²) < 4.78 is 4.94. The average molecular weight is 365 g/mol. The SMILES string of the molecule is COc1ccc(/C=C2/C(=O)NC(=O)N(c3ccccc3)C2=O)cc1C(=O)[O-]. The molecule has 0 aromatic heterocycles. The van der Waals surface area contributed by atoms with E-state index in [-0.39, 0.29) is 22.4 Å². The molecule has 1 heterocycles. The van der Waals surface area contributed by atoms with Gasteiger partial charge < -0.3 is 14.6 Å². The Balaban J connectivity index is 2.03. The molecule has 4 amide bonds. The molecule has 27 heavy (non-hydrogen) atoms. The van der Waals surface area contributed by atoms with Crippen molar-refractivity contribution in [2.24, 2.45) is 0 Å². The first kappa shape index (κ1) is 17.9. The molecule has 2 aromatic rings. The van der Waals surface area contributed by atoms with E-state index in [9.17, 15) is 24.3 Å². The van der Waals surface area contributed by atoms with E-state index in [0.29, 0.717) is 5.69 Å². The summed E-state index contributed by atoms with van der Waals surface area (Å²) in [4.78, 5) is 49.0. The topological polar surface area (TPSA) is 116 Å². The van der Waals surface area contributed by atoms with Crippen molar-refractivity contribution < 1.29 is 29.0 Å². The lowest BCUT2D eigenvalue weighted by Gasteiger charge is -2.26. The van der Waals surface area contributed by atoms with Gasteiger partial charge in [-0.15, -0.1) is 0 Å². The Morgan fingerprint density at radius 3 is 2.44 bits per heavy atom. The summed E-state index contributed by atoms with van der Waals surface area (Å²) in [6.45, 7) is 0. The fourth-order valence-corrected chi connectivity index (χ4v) is 2.61. The van der Waals surface area contributed by atoms with Crippen LogP contribution in [-0.4, -0.2) is 30.9 Å². The number of nitrogens with zero attached hydrogens (tertiary/aromatic N) is 1. The molecule has 0 atom stereocenters. The molecule has 136 valence electrons. The molecule has 0 aliphatic carbocycles. The molecule has 2 aromatic carbocycles. The standard InChI is InChI=1S/C19H14N2O6/c1-27-15-8-7-11(9-13(15)18(24)25)10-14-16(22)20-19(26)21(17(14)23)12-5-3-2-4-6-12/h2-10H,1H3,(H,24,25)(H,20,22,26)/p-1/b14-10-. The Labute approximate surface area is 153 Å². The van der Waals surface area contributed by atoms with Crippen LogP contribution in [0.15, 0.2) is 54.1 Å². The van der Waals surface area contributed by atoms with Crippen molar-refractivity contribution in [1.29, 1.82) is 0 Å². The van der Waals surface area contributed by atoms with Gasteiger partial charge in [0, 0.05) is 5.56 Å². The van der Waals surface area contributed by atoms with Crippen LogP contribution in [0.3, 0.4) is 0 Å². The van der Waals surface area contributed by atoms with Gasteiger partial charge in [0.15, 0.2) is 0 Å². The molecule has 0 unspecified atom stereocenters. The van der Waals surface area contributed by atoms with E-state index >= 15 is 0 Å². The molecule has 1 saturated heterocycles. The minimum absolute atomic E-state index is 0.0812. The van der Waals surface area contributed by atoms with Crippen LogP contribution in [0, 0.1) is 0 Å². The number of para-hydroxylation sites is 1. The lowest BCUT2D eigenvalue weighted by atomic mass is 10.0. The maximum atomic E-state index is 12.7. The number of hydrogen-bond acceptors (Lipinski definition) is 6. The van der Waals surface area contributed by atoms with Gasteiger partial charge in [0.05, 0.1) is 18.8 Å². The first-order chi connectivity index (χ1) is 12.9. The van der Waals surface area contributed by atoms with Crippen LogP contribution >= 0.6 is 0 Å². The zero-order valence-corrected chi connectivity index (χ0v) is 14.1. The lowest BCUT2D eigenvalue weighted by molar-refractivity contribution is -0.255. The lowest BCUT2D eigenvalue weighted by Crippen LogP contribution is -2.54. The number of carbonyl (C=O) groups is 4. The molecule has 0 spiro atoms. The van der Waals surface area contributed by atoms with E-state index in [2.05, 4.69) is 5.32 Å². The Bertz CT molecular complexity index is 981. The van der Waals surface area contributed by atoms with Crippen LogP contribution in [0.5, 0.6) is 5.75 Å². The van der Waals surface area contributed by atoms with Crippen LogP contribution in [0.2, 0.25) is 0 Å². The van der Waals surface area contributed by atoms with Crippen LogP contribution < -0.4 is 20.1 Å². The minimum Gasteiger partial charge on any atom is -0.545 e. The summed E-state index contributed by atoms with van der Waals surface area (Å²) in [6, 6.07) is 11.3. The molecule has 0 bridgehead atoms. The van der Waals surface area contributed by atoms with Crippen molar-refractivity contribution in [2.45, 2.75) is 0 Å². The number of benzene rings is 2. The van der Waals surface area contributed by atoms with Crippen LogP contribution in [0.4, 0.5) is 10.5 Å². The monoisotopic (exact) mass is 365 g/mol. The van der Waals surface area contributed by atoms with Gasteiger partial charge in [0.25, 0.3) is 11.8 Å². The van der Waals surface area contributed by atoms with E-state index < -0.39 is 23.8 Å². The number of rotatable bonds is 4. The Hall–Kier alpha value is -3.94. The van der Waals surface area contributed by atoms with Crippen molar-refractivity contribution in [2.75, 3.05) is 12.0 Å². The van der Waals surface area contributed by atoms with Crippen molar-refractivity contribution in [1.82, 2.24) is 5.32 Å². The van der Waals surface area contributed by atoms with Gasteiger partial charge in [-0.25, -0.2) is 9.69 Å². The van der Waals surface area contributed by atoms with Crippen molar-refractivity contribution >= 4 is 35.6 Å². The summed E-state index contributed by atoms with van der Waals surface area (Å²) in [5.41, 5.74) is 0.0128. The number of carbonyl (C=O) groups excluding carboxylic acids is 4. The van der Waals surface area contributed by atoms with Crippen LogP contribution in [0.1, 0.15) is 15.9 Å². The van der Waals surface area contributed by atoms with Gasteiger partial charge in [-0.2, -0.15) is 0 Å². The quantitative estimate of drug-likeness (QED) is 0.631. The number of carboxylic acid groups (broad SMARTS) is 1. The molecule has 3 rings (SSSR count). The van der Waals surface area contributed by atoms with Gasteiger partial charge >= 0.3 is 6.03 Å². The van der Waals surface area contributed by atoms with Gasteiger partial charge in [0.2, 0.25) is 0 Å². The highest BCUT2D eigenvalue weighted by molar-refractivity contribution is 6.39. The highest BCUT2D eigenvalue weighted by Crippen LogP contribution is 2.24. The number of nitrogens with one attached hydrogen (secondary N) is 1. The number of imide groups is 2. The third kappa shape index (κ3) is 3.40. The number of urea groups is 1. The number of anilines is 1.